The number of hydrogen-bond donors (Lipinski definition) is 1. The van der Waals surface area contributed by atoms with Gasteiger partial charge in [0.05, 0.1) is 0 Å². The maximum Gasteiger partial charge on any atom is 0.324 e. The van der Waals surface area contributed by atoms with Crippen molar-refractivity contribution in [2.24, 2.45) is 5.73 Å². The molecule has 21 heavy (non-hydrogen) atoms. The molecular weight excluding hydrogens is 266 g/mol. The average Bonchev–Trinajstić information content (AvgIpc) is 2.95. The Labute approximate surface area is 123 Å². The fourth-order valence-electron chi connectivity index (χ4n) is 2.11. The highest BCUT2D eigenvalue weighted by Crippen LogP contribution is 2.22. The van der Waals surface area contributed by atoms with Crippen molar-refractivity contribution in [1.29, 1.82) is 0 Å². The van der Waals surface area contributed by atoms with Crippen LogP contribution in [0.5, 0.6) is 5.75 Å². The molecule has 4 heteroatoms. The normalized spacial score (nSPS) is 16.8. The van der Waals surface area contributed by atoms with E-state index in [-0.39, 0.29) is 6.29 Å². The first-order valence-electron chi connectivity index (χ1n) is 6.86. The van der Waals surface area contributed by atoms with Crippen molar-refractivity contribution in [2.75, 3.05) is 0 Å². The highest BCUT2D eigenvalue weighted by Gasteiger charge is 2.21. The highest BCUT2D eigenvalue weighted by atomic mass is 16.8. The molecule has 3 rings (SSSR count). The Hall–Kier alpha value is -2.46. The number of benzene rings is 2. The van der Waals surface area contributed by atoms with Crippen LogP contribution < -0.4 is 10.5 Å². The molecule has 0 fully saturated rings. The molecule has 4 nitrogen and oxygen atoms in total. The molecule has 2 N–H and O–H groups in total. The van der Waals surface area contributed by atoms with Gasteiger partial charge in [0.25, 0.3) is 0 Å². The van der Waals surface area contributed by atoms with Gasteiger partial charge in [0.15, 0.2) is 6.26 Å². The predicted octanol–water partition coefficient (Wildman–Crippen LogP) is 2.94. The Morgan fingerprint density at radius 2 is 1.81 bits per heavy atom. The van der Waals surface area contributed by atoms with E-state index in [0.29, 0.717) is 24.7 Å². The second-order valence-electron chi connectivity index (χ2n) is 4.76. The first kappa shape index (κ1) is 13.5. The van der Waals surface area contributed by atoms with E-state index in [0.717, 1.165) is 11.1 Å². The minimum absolute atomic E-state index is 0.347. The molecule has 2 aromatic rings. The fraction of sp³-hybridized carbons (Fsp3) is 0.176. The lowest BCUT2D eigenvalue weighted by Gasteiger charge is -2.12. The maximum absolute atomic E-state index is 5.64. The molecule has 0 aromatic heterocycles. The van der Waals surface area contributed by atoms with Gasteiger partial charge in [-0.05, 0) is 23.3 Å². The van der Waals surface area contributed by atoms with Crippen molar-refractivity contribution in [2.45, 2.75) is 19.3 Å². The van der Waals surface area contributed by atoms with E-state index < -0.39 is 0 Å². The van der Waals surface area contributed by atoms with Crippen LogP contribution in [0.15, 0.2) is 66.8 Å². The average molecular weight is 283 g/mol. The number of rotatable bonds is 5. The summed E-state index contributed by atoms with van der Waals surface area (Å²) in [5.74, 6) is 1.05. The minimum atomic E-state index is -0.347. The van der Waals surface area contributed by atoms with Gasteiger partial charge in [-0.2, -0.15) is 0 Å². The second kappa shape index (κ2) is 6.33. The lowest BCUT2D eigenvalue weighted by atomic mass is 10.1. The predicted molar refractivity (Wildman–Crippen MR) is 79.1 cm³/mol. The Bertz CT molecular complexity index is 625. The van der Waals surface area contributed by atoms with Gasteiger partial charge in [0, 0.05) is 13.0 Å². The SMILES string of the molecule is NCc1cccc(OC2=COC(Cc3ccccc3)O2)c1. The number of hydrogen-bond acceptors (Lipinski definition) is 4. The van der Waals surface area contributed by atoms with Gasteiger partial charge < -0.3 is 19.9 Å². The van der Waals surface area contributed by atoms with Gasteiger partial charge in [-0.3, -0.25) is 0 Å². The van der Waals surface area contributed by atoms with Crippen molar-refractivity contribution in [1.82, 2.24) is 0 Å². The molecule has 0 amide bonds. The molecule has 1 aliphatic rings. The molecule has 0 aliphatic carbocycles. The van der Waals surface area contributed by atoms with E-state index in [9.17, 15) is 0 Å². The summed E-state index contributed by atoms with van der Waals surface area (Å²) in [7, 11) is 0. The molecule has 2 aromatic carbocycles. The van der Waals surface area contributed by atoms with E-state index in [4.69, 9.17) is 19.9 Å². The van der Waals surface area contributed by atoms with Gasteiger partial charge >= 0.3 is 5.95 Å². The summed E-state index contributed by atoms with van der Waals surface area (Å²) in [6.07, 6.45) is 1.83. The van der Waals surface area contributed by atoms with Gasteiger partial charge in [-0.15, -0.1) is 0 Å². The fourth-order valence-corrected chi connectivity index (χ4v) is 2.11. The molecule has 0 radical (unpaired) electrons. The third-order valence-corrected chi connectivity index (χ3v) is 3.16. The first-order valence-corrected chi connectivity index (χ1v) is 6.86. The Morgan fingerprint density at radius 3 is 2.62 bits per heavy atom. The zero-order valence-corrected chi connectivity index (χ0v) is 11.6. The topological polar surface area (TPSA) is 53.7 Å². The minimum Gasteiger partial charge on any atom is -0.455 e. The van der Waals surface area contributed by atoms with E-state index in [1.165, 1.54) is 6.26 Å². The third kappa shape index (κ3) is 3.55. The van der Waals surface area contributed by atoms with E-state index in [2.05, 4.69) is 0 Å². The molecule has 0 saturated carbocycles. The summed E-state index contributed by atoms with van der Waals surface area (Å²) in [4.78, 5) is 0. The third-order valence-electron chi connectivity index (χ3n) is 3.16. The number of nitrogens with two attached hydrogens (primary N) is 1. The molecule has 0 spiro atoms. The van der Waals surface area contributed by atoms with E-state index in [1.54, 1.807) is 0 Å². The summed E-state index contributed by atoms with van der Waals surface area (Å²) in [5, 5.41) is 0. The second-order valence-corrected chi connectivity index (χ2v) is 4.76. The van der Waals surface area contributed by atoms with Crippen molar-refractivity contribution in [3.05, 3.63) is 77.9 Å². The zero-order chi connectivity index (χ0) is 14.5. The molecule has 1 atom stereocenters. The Balaban J connectivity index is 1.57. The van der Waals surface area contributed by atoms with Crippen LogP contribution in [-0.2, 0) is 22.4 Å². The molecule has 1 aliphatic heterocycles. The van der Waals surface area contributed by atoms with Gasteiger partial charge in [-0.1, -0.05) is 42.5 Å². The van der Waals surface area contributed by atoms with Crippen molar-refractivity contribution in [3.8, 4) is 5.75 Å². The van der Waals surface area contributed by atoms with Crippen LogP contribution >= 0.6 is 0 Å². The molecule has 1 unspecified atom stereocenters. The smallest absolute Gasteiger partial charge is 0.324 e. The zero-order valence-electron chi connectivity index (χ0n) is 11.6. The summed E-state index contributed by atoms with van der Waals surface area (Å²) in [6.45, 7) is 0.476. The van der Waals surface area contributed by atoms with E-state index >= 15 is 0 Å². The first-order chi connectivity index (χ1) is 10.3. The molecule has 1 heterocycles. The van der Waals surface area contributed by atoms with E-state index in [1.807, 2.05) is 54.6 Å². The Morgan fingerprint density at radius 1 is 1.00 bits per heavy atom. The largest absolute Gasteiger partial charge is 0.455 e. The Kier molecular flexibility index (Phi) is 4.07. The molecular formula is C17H17NO3. The van der Waals surface area contributed by atoms with Crippen LogP contribution in [0.25, 0.3) is 0 Å². The monoisotopic (exact) mass is 283 g/mol. The summed E-state index contributed by atoms with van der Waals surface area (Å²) in [6, 6.07) is 17.6. The molecule has 0 saturated heterocycles. The number of ether oxygens (including phenoxy) is 3. The lowest BCUT2D eigenvalue weighted by molar-refractivity contribution is -0.0519. The van der Waals surface area contributed by atoms with Crippen LogP contribution in [0.4, 0.5) is 0 Å². The van der Waals surface area contributed by atoms with Crippen molar-refractivity contribution < 1.29 is 14.2 Å². The van der Waals surface area contributed by atoms with Gasteiger partial charge in [0.1, 0.15) is 5.75 Å². The van der Waals surface area contributed by atoms with Crippen molar-refractivity contribution >= 4 is 0 Å². The van der Waals surface area contributed by atoms with Crippen LogP contribution in [0.1, 0.15) is 11.1 Å². The highest BCUT2D eigenvalue weighted by molar-refractivity contribution is 5.29. The maximum atomic E-state index is 5.64. The van der Waals surface area contributed by atoms with Crippen molar-refractivity contribution in [3.63, 3.8) is 0 Å². The molecule has 108 valence electrons. The molecule has 0 bridgehead atoms. The lowest BCUT2D eigenvalue weighted by Crippen LogP contribution is -2.13. The summed E-state index contributed by atoms with van der Waals surface area (Å²) < 4.78 is 16.7. The van der Waals surface area contributed by atoms with Crippen LogP contribution in [0, 0.1) is 0 Å². The standard InChI is InChI=1S/C17H17NO3/c18-11-14-7-4-8-15(9-14)20-17-12-19-16(21-17)10-13-5-2-1-3-6-13/h1-9,12,16H,10-11,18H2. The van der Waals surface area contributed by atoms with Gasteiger partial charge in [-0.25, -0.2) is 0 Å². The summed E-state index contributed by atoms with van der Waals surface area (Å²) in [5.41, 5.74) is 7.77. The summed E-state index contributed by atoms with van der Waals surface area (Å²) >= 11 is 0. The van der Waals surface area contributed by atoms with Crippen LogP contribution in [-0.4, -0.2) is 6.29 Å². The van der Waals surface area contributed by atoms with Crippen LogP contribution in [0.2, 0.25) is 0 Å². The quantitative estimate of drug-likeness (QED) is 0.916. The van der Waals surface area contributed by atoms with Crippen LogP contribution in [0.3, 0.4) is 0 Å². The van der Waals surface area contributed by atoms with Gasteiger partial charge in [0.2, 0.25) is 6.29 Å².